The number of methoxy groups -OCH3 is 1. The molecule has 0 bridgehead atoms. The molecule has 2 aromatic carbocycles. The fraction of sp³-hybridized carbons (Fsp3) is 0.250. The van der Waals surface area contributed by atoms with Crippen LogP contribution in [0.3, 0.4) is 0 Å². The molecule has 0 amide bonds. The molecule has 0 fully saturated rings. The Kier molecular flexibility index (Phi) is 3.33. The first-order valence-corrected chi connectivity index (χ1v) is 8.14. The maximum absolute atomic E-state index is 13.0. The van der Waals surface area contributed by atoms with Gasteiger partial charge in [-0.1, -0.05) is 0 Å². The number of phenols is 2. The molecule has 134 valence electrons. The molecule has 26 heavy (non-hydrogen) atoms. The normalized spacial score (nSPS) is 22.3. The summed E-state index contributed by atoms with van der Waals surface area (Å²) in [5.41, 5.74) is 0.406. The van der Waals surface area contributed by atoms with E-state index < -0.39 is 17.2 Å². The summed E-state index contributed by atoms with van der Waals surface area (Å²) in [5.74, 6) is -1.76. The lowest BCUT2D eigenvalue weighted by Gasteiger charge is -2.31. The van der Waals surface area contributed by atoms with Gasteiger partial charge in [0.1, 0.15) is 28.6 Å². The van der Waals surface area contributed by atoms with Crippen molar-refractivity contribution in [3.05, 3.63) is 53.1 Å². The highest BCUT2D eigenvalue weighted by atomic mass is 16.7. The summed E-state index contributed by atoms with van der Waals surface area (Å²) in [7, 11) is 1.33. The fourth-order valence-electron chi connectivity index (χ4n) is 3.29. The minimum Gasteiger partial charge on any atom is -0.508 e. The zero-order chi connectivity index (χ0) is 18.7. The van der Waals surface area contributed by atoms with Crippen molar-refractivity contribution in [2.24, 2.45) is 0 Å². The van der Waals surface area contributed by atoms with Crippen LogP contribution in [-0.4, -0.2) is 28.7 Å². The average molecular weight is 354 g/mol. The van der Waals surface area contributed by atoms with Gasteiger partial charge in [-0.3, -0.25) is 4.79 Å². The third kappa shape index (κ3) is 2.19. The number of carbonyl (C=O) groups excluding carboxylic acids is 1. The highest BCUT2D eigenvalue weighted by molar-refractivity contribution is 6.07. The van der Waals surface area contributed by atoms with E-state index in [1.165, 1.54) is 25.3 Å². The van der Waals surface area contributed by atoms with Gasteiger partial charge in [-0.2, -0.15) is 0 Å². The molecule has 0 saturated heterocycles. The quantitative estimate of drug-likeness (QED) is 0.860. The molecule has 2 heterocycles. The Labute approximate surface area is 150 Å². The first-order chi connectivity index (χ1) is 12.3. The van der Waals surface area contributed by atoms with E-state index in [0.29, 0.717) is 11.3 Å². The van der Waals surface area contributed by atoms with Crippen LogP contribution in [-0.2, 0) is 10.5 Å². The SMILES string of the molecule is COC1(c2ccc3c(c2O)C=CC(C)(C)O3)Oc2cc(O)ccc2C1=O. The van der Waals surface area contributed by atoms with Crippen LogP contribution in [0.1, 0.15) is 35.3 Å². The van der Waals surface area contributed by atoms with Gasteiger partial charge in [-0.25, -0.2) is 0 Å². The van der Waals surface area contributed by atoms with Crippen molar-refractivity contribution in [2.75, 3.05) is 7.11 Å². The third-order valence-electron chi connectivity index (χ3n) is 4.61. The number of hydrogen-bond donors (Lipinski definition) is 2. The van der Waals surface area contributed by atoms with Crippen molar-refractivity contribution in [1.82, 2.24) is 0 Å². The predicted molar refractivity (Wildman–Crippen MR) is 93.6 cm³/mol. The zero-order valence-corrected chi connectivity index (χ0v) is 14.6. The van der Waals surface area contributed by atoms with E-state index in [-0.39, 0.29) is 28.4 Å². The van der Waals surface area contributed by atoms with Crippen LogP contribution in [0.15, 0.2) is 36.4 Å². The Balaban J connectivity index is 1.86. The Morgan fingerprint density at radius 2 is 1.81 bits per heavy atom. The van der Waals surface area contributed by atoms with E-state index in [4.69, 9.17) is 14.2 Å². The number of hydrogen-bond acceptors (Lipinski definition) is 6. The van der Waals surface area contributed by atoms with Crippen molar-refractivity contribution in [2.45, 2.75) is 25.2 Å². The van der Waals surface area contributed by atoms with E-state index in [2.05, 4.69) is 0 Å². The van der Waals surface area contributed by atoms with Gasteiger partial charge in [-0.15, -0.1) is 0 Å². The van der Waals surface area contributed by atoms with Gasteiger partial charge in [0, 0.05) is 13.2 Å². The molecule has 1 unspecified atom stereocenters. The minimum atomic E-state index is -1.82. The van der Waals surface area contributed by atoms with Crippen molar-refractivity contribution in [3.63, 3.8) is 0 Å². The van der Waals surface area contributed by atoms with Crippen LogP contribution >= 0.6 is 0 Å². The molecule has 0 radical (unpaired) electrons. The fourth-order valence-corrected chi connectivity index (χ4v) is 3.29. The number of ketones is 1. The summed E-state index contributed by atoms with van der Waals surface area (Å²) in [6, 6.07) is 7.44. The zero-order valence-electron chi connectivity index (χ0n) is 14.6. The standard InChI is InChI=1S/C20H18O6/c1-19(2)9-8-12-15(25-19)7-6-14(17(12)22)20(24-3)18(23)13-5-4-11(21)10-16(13)26-20/h4-10,21-22H,1-3H3. The van der Waals surface area contributed by atoms with Gasteiger partial charge in [0.2, 0.25) is 5.78 Å². The van der Waals surface area contributed by atoms with Crippen molar-refractivity contribution >= 4 is 11.9 Å². The van der Waals surface area contributed by atoms with Crippen molar-refractivity contribution in [1.29, 1.82) is 0 Å². The third-order valence-corrected chi connectivity index (χ3v) is 4.61. The molecule has 2 aliphatic heterocycles. The summed E-state index contributed by atoms with van der Waals surface area (Å²) < 4.78 is 17.1. The van der Waals surface area contributed by atoms with Gasteiger partial charge in [0.05, 0.1) is 16.7 Å². The van der Waals surface area contributed by atoms with Crippen LogP contribution in [0.25, 0.3) is 6.08 Å². The van der Waals surface area contributed by atoms with Crippen LogP contribution < -0.4 is 9.47 Å². The lowest BCUT2D eigenvalue weighted by atomic mass is 9.93. The molecule has 2 aliphatic rings. The first kappa shape index (κ1) is 16.5. The van der Waals surface area contributed by atoms with E-state index in [9.17, 15) is 15.0 Å². The number of ether oxygens (including phenoxy) is 3. The summed E-state index contributed by atoms with van der Waals surface area (Å²) in [5, 5.41) is 20.5. The number of Topliss-reactive ketones (excluding diaryl/α,β-unsaturated/α-hetero) is 1. The van der Waals surface area contributed by atoms with Gasteiger partial charge in [-0.05, 0) is 50.3 Å². The lowest BCUT2D eigenvalue weighted by molar-refractivity contribution is -0.125. The molecule has 6 nitrogen and oxygen atoms in total. The van der Waals surface area contributed by atoms with Crippen LogP contribution in [0.2, 0.25) is 0 Å². The van der Waals surface area contributed by atoms with Gasteiger partial charge in [0.25, 0.3) is 0 Å². The number of aromatic hydroxyl groups is 2. The second-order valence-corrected chi connectivity index (χ2v) is 6.84. The van der Waals surface area contributed by atoms with E-state index in [1.807, 2.05) is 19.9 Å². The molecule has 2 N–H and O–H groups in total. The van der Waals surface area contributed by atoms with Gasteiger partial charge < -0.3 is 24.4 Å². The predicted octanol–water partition coefficient (Wildman–Crippen LogP) is 3.36. The summed E-state index contributed by atoms with van der Waals surface area (Å²) in [6.07, 6.45) is 3.57. The maximum atomic E-state index is 13.0. The molecule has 0 saturated carbocycles. The second kappa shape index (κ2) is 5.25. The summed E-state index contributed by atoms with van der Waals surface area (Å²) in [4.78, 5) is 13.0. The van der Waals surface area contributed by atoms with Crippen LogP contribution in [0.4, 0.5) is 0 Å². The molecule has 0 spiro atoms. The van der Waals surface area contributed by atoms with E-state index >= 15 is 0 Å². The minimum absolute atomic E-state index is 0.0309. The van der Waals surface area contributed by atoms with Crippen LogP contribution in [0, 0.1) is 0 Å². The van der Waals surface area contributed by atoms with Crippen molar-refractivity contribution in [3.8, 4) is 23.0 Å². The molecule has 6 heteroatoms. The topological polar surface area (TPSA) is 85.2 Å². The number of rotatable bonds is 2. The molecule has 0 aromatic heterocycles. The first-order valence-electron chi connectivity index (χ1n) is 8.14. The molecule has 1 atom stereocenters. The summed E-state index contributed by atoms with van der Waals surface area (Å²) in [6.45, 7) is 3.81. The molecule has 2 aromatic rings. The van der Waals surface area contributed by atoms with E-state index in [1.54, 1.807) is 18.2 Å². The molecular weight excluding hydrogens is 336 g/mol. The number of benzene rings is 2. The Hall–Kier alpha value is -2.99. The largest absolute Gasteiger partial charge is 0.508 e. The molecular formula is C20H18O6. The monoisotopic (exact) mass is 354 g/mol. The number of carbonyl (C=O) groups is 1. The number of fused-ring (bicyclic) bond motifs is 2. The average Bonchev–Trinajstić information content (AvgIpc) is 2.86. The van der Waals surface area contributed by atoms with Gasteiger partial charge in [0.15, 0.2) is 0 Å². The lowest BCUT2D eigenvalue weighted by Crippen LogP contribution is -2.39. The van der Waals surface area contributed by atoms with Gasteiger partial charge >= 0.3 is 5.79 Å². The summed E-state index contributed by atoms with van der Waals surface area (Å²) >= 11 is 0. The highest BCUT2D eigenvalue weighted by Crippen LogP contribution is 2.48. The van der Waals surface area contributed by atoms with Crippen LogP contribution in [0.5, 0.6) is 23.0 Å². The number of phenolic OH excluding ortho intramolecular Hbond substituents is 2. The Bertz CT molecular complexity index is 959. The second-order valence-electron chi connectivity index (χ2n) is 6.84. The molecule has 0 aliphatic carbocycles. The Morgan fingerprint density at radius 3 is 2.54 bits per heavy atom. The Morgan fingerprint density at radius 1 is 1.04 bits per heavy atom. The maximum Gasteiger partial charge on any atom is 0.306 e. The van der Waals surface area contributed by atoms with Crippen molar-refractivity contribution < 1.29 is 29.2 Å². The smallest absolute Gasteiger partial charge is 0.306 e. The molecule has 4 rings (SSSR count). The highest BCUT2D eigenvalue weighted by Gasteiger charge is 2.52. The van der Waals surface area contributed by atoms with E-state index in [0.717, 1.165) is 0 Å².